The molecule has 2 N–H and O–H groups in total. The van der Waals surface area contributed by atoms with Crippen LogP contribution in [0.5, 0.6) is 0 Å². The number of amides is 2. The van der Waals surface area contributed by atoms with E-state index < -0.39 is 6.04 Å². The molecule has 2 aliphatic heterocycles. The molecule has 6 nitrogen and oxygen atoms in total. The number of halogens is 1. The quantitative estimate of drug-likeness (QED) is 0.803. The fourth-order valence-corrected chi connectivity index (χ4v) is 3.87. The van der Waals surface area contributed by atoms with E-state index in [0.717, 1.165) is 42.5 Å². The highest BCUT2D eigenvalue weighted by atomic mass is 35.5. The lowest BCUT2D eigenvalue weighted by Gasteiger charge is -2.23. The summed E-state index contributed by atoms with van der Waals surface area (Å²) >= 11 is 0. The van der Waals surface area contributed by atoms with Crippen molar-refractivity contribution < 1.29 is 9.59 Å². The highest BCUT2D eigenvalue weighted by Gasteiger charge is 2.30. The summed E-state index contributed by atoms with van der Waals surface area (Å²) in [7, 11) is 0. The fraction of sp³-hybridized carbons (Fsp3) is 0.500. The number of aromatic nitrogens is 2. The second-order valence-corrected chi connectivity index (χ2v) is 6.80. The van der Waals surface area contributed by atoms with Crippen molar-refractivity contribution in [3.8, 4) is 0 Å². The molecule has 0 radical (unpaired) electrons. The van der Waals surface area contributed by atoms with Crippen molar-refractivity contribution in [1.29, 1.82) is 0 Å². The molecule has 134 valence electrons. The Labute approximate surface area is 152 Å². The maximum Gasteiger partial charge on any atom is 0.251 e. The molecule has 1 unspecified atom stereocenters. The summed E-state index contributed by atoms with van der Waals surface area (Å²) in [4.78, 5) is 23.5. The average Bonchev–Trinajstić information content (AvgIpc) is 2.92. The smallest absolute Gasteiger partial charge is 0.251 e. The Hall–Kier alpha value is -1.92. The molecular formula is C18H23ClN4O2. The first kappa shape index (κ1) is 17.9. The van der Waals surface area contributed by atoms with Gasteiger partial charge >= 0.3 is 0 Å². The molecule has 3 heterocycles. The maximum atomic E-state index is 12.2. The van der Waals surface area contributed by atoms with E-state index in [1.807, 2.05) is 6.92 Å². The van der Waals surface area contributed by atoms with E-state index in [4.69, 9.17) is 0 Å². The molecule has 0 bridgehead atoms. The minimum absolute atomic E-state index is 0. The van der Waals surface area contributed by atoms with Crippen molar-refractivity contribution in [2.45, 2.75) is 44.6 Å². The zero-order valence-electron chi connectivity index (χ0n) is 14.2. The van der Waals surface area contributed by atoms with Gasteiger partial charge < -0.3 is 5.32 Å². The lowest BCUT2D eigenvalue weighted by molar-refractivity contribution is -0.135. The monoisotopic (exact) mass is 362 g/mol. The fourth-order valence-electron chi connectivity index (χ4n) is 3.87. The third kappa shape index (κ3) is 3.28. The number of nitrogens with one attached hydrogen (secondary N) is 2. The van der Waals surface area contributed by atoms with Crippen LogP contribution in [-0.2, 0) is 9.59 Å². The van der Waals surface area contributed by atoms with Crippen LogP contribution in [0.3, 0.4) is 0 Å². The van der Waals surface area contributed by atoms with Gasteiger partial charge in [0.2, 0.25) is 5.91 Å². The number of piperidine rings is 2. The Bertz CT molecular complexity index is 811. The molecule has 2 amide bonds. The van der Waals surface area contributed by atoms with Crippen LogP contribution in [0.2, 0.25) is 0 Å². The van der Waals surface area contributed by atoms with Gasteiger partial charge in [-0.3, -0.25) is 19.6 Å². The molecule has 7 heteroatoms. The van der Waals surface area contributed by atoms with Crippen molar-refractivity contribution in [1.82, 2.24) is 20.4 Å². The van der Waals surface area contributed by atoms with Crippen LogP contribution >= 0.6 is 12.4 Å². The van der Waals surface area contributed by atoms with Crippen LogP contribution in [0.25, 0.3) is 10.9 Å². The predicted molar refractivity (Wildman–Crippen MR) is 98.0 cm³/mol. The highest BCUT2D eigenvalue weighted by Crippen LogP contribution is 2.31. The van der Waals surface area contributed by atoms with E-state index in [-0.39, 0.29) is 24.2 Å². The molecular weight excluding hydrogens is 340 g/mol. The van der Waals surface area contributed by atoms with Gasteiger partial charge in [-0.25, -0.2) is 0 Å². The van der Waals surface area contributed by atoms with Crippen LogP contribution in [0.4, 0.5) is 0 Å². The first-order chi connectivity index (χ1) is 11.6. The van der Waals surface area contributed by atoms with Crippen LogP contribution < -0.4 is 10.6 Å². The SMILES string of the molecule is Cc1nn(C2CCC(=O)NC2=O)c2ccc(C3CCNCC3)cc12.Cl. The zero-order chi connectivity index (χ0) is 16.7. The lowest BCUT2D eigenvalue weighted by Crippen LogP contribution is -2.42. The third-order valence-corrected chi connectivity index (χ3v) is 5.23. The summed E-state index contributed by atoms with van der Waals surface area (Å²) in [5.41, 5.74) is 3.26. The first-order valence-corrected chi connectivity index (χ1v) is 8.66. The molecule has 1 atom stereocenters. The molecule has 0 spiro atoms. The Morgan fingerprint density at radius 3 is 2.64 bits per heavy atom. The minimum atomic E-state index is -0.399. The van der Waals surface area contributed by atoms with Gasteiger partial charge in [0.1, 0.15) is 6.04 Å². The first-order valence-electron chi connectivity index (χ1n) is 8.66. The van der Waals surface area contributed by atoms with E-state index in [1.165, 1.54) is 5.56 Å². The number of imide groups is 1. The summed E-state index contributed by atoms with van der Waals surface area (Å²) in [6.07, 6.45) is 3.19. The number of hydrogen-bond acceptors (Lipinski definition) is 4. The summed E-state index contributed by atoms with van der Waals surface area (Å²) < 4.78 is 1.79. The van der Waals surface area contributed by atoms with Gasteiger partial charge in [0.15, 0.2) is 0 Å². The molecule has 1 aromatic heterocycles. The Morgan fingerprint density at radius 2 is 1.92 bits per heavy atom. The van der Waals surface area contributed by atoms with Crippen LogP contribution in [0.15, 0.2) is 18.2 Å². The molecule has 4 rings (SSSR count). The Balaban J connectivity index is 0.00000182. The van der Waals surface area contributed by atoms with Gasteiger partial charge in [0, 0.05) is 11.8 Å². The van der Waals surface area contributed by atoms with E-state index in [2.05, 4.69) is 33.9 Å². The largest absolute Gasteiger partial charge is 0.317 e. The van der Waals surface area contributed by atoms with Gasteiger partial charge in [-0.2, -0.15) is 5.10 Å². The normalized spacial score (nSPS) is 21.9. The van der Waals surface area contributed by atoms with Crippen molar-refractivity contribution in [2.75, 3.05) is 13.1 Å². The van der Waals surface area contributed by atoms with Crippen LogP contribution in [-0.4, -0.2) is 34.7 Å². The average molecular weight is 363 g/mol. The number of fused-ring (bicyclic) bond motifs is 1. The van der Waals surface area contributed by atoms with Crippen LogP contribution in [0, 0.1) is 6.92 Å². The predicted octanol–water partition coefficient (Wildman–Crippen LogP) is 2.21. The van der Waals surface area contributed by atoms with Gasteiger partial charge in [0.25, 0.3) is 5.91 Å². The van der Waals surface area contributed by atoms with E-state index >= 15 is 0 Å². The molecule has 0 saturated carbocycles. The molecule has 0 aliphatic carbocycles. The van der Waals surface area contributed by atoms with Crippen LogP contribution in [0.1, 0.15) is 48.9 Å². The number of carbonyl (C=O) groups excluding carboxylic acids is 2. The molecule has 1 aromatic carbocycles. The number of nitrogens with zero attached hydrogens (tertiary/aromatic N) is 2. The third-order valence-electron chi connectivity index (χ3n) is 5.23. The standard InChI is InChI=1S/C18H22N4O2.ClH/c1-11-14-10-13(12-6-8-19-9-7-12)2-3-15(14)22(21-11)16-4-5-17(23)20-18(16)24;/h2-3,10,12,16,19H,4-9H2,1H3,(H,20,23,24);1H. The Kier molecular flexibility index (Phi) is 5.11. The second kappa shape index (κ2) is 7.14. The molecule has 25 heavy (non-hydrogen) atoms. The van der Waals surface area contributed by atoms with Crippen molar-refractivity contribution in [3.63, 3.8) is 0 Å². The number of aryl methyl sites for hydroxylation is 1. The lowest BCUT2D eigenvalue weighted by atomic mass is 9.89. The molecule has 2 aliphatic rings. The number of carbonyl (C=O) groups is 2. The van der Waals surface area contributed by atoms with Crippen molar-refractivity contribution in [3.05, 3.63) is 29.5 Å². The topological polar surface area (TPSA) is 76.0 Å². The minimum Gasteiger partial charge on any atom is -0.317 e. The summed E-state index contributed by atoms with van der Waals surface area (Å²) in [5.74, 6) is 0.143. The van der Waals surface area contributed by atoms with Crippen molar-refractivity contribution >= 4 is 35.1 Å². The number of rotatable bonds is 2. The van der Waals surface area contributed by atoms with Gasteiger partial charge in [-0.1, -0.05) is 6.07 Å². The van der Waals surface area contributed by atoms with Gasteiger partial charge in [-0.05, 0) is 62.9 Å². The number of hydrogen-bond donors (Lipinski definition) is 2. The van der Waals surface area contributed by atoms with Crippen molar-refractivity contribution in [2.24, 2.45) is 0 Å². The second-order valence-electron chi connectivity index (χ2n) is 6.80. The molecule has 2 aromatic rings. The molecule has 2 fully saturated rings. The Morgan fingerprint density at radius 1 is 1.16 bits per heavy atom. The van der Waals surface area contributed by atoms with Gasteiger partial charge in [-0.15, -0.1) is 12.4 Å². The summed E-state index contributed by atoms with van der Waals surface area (Å²) in [6.45, 7) is 4.12. The van der Waals surface area contributed by atoms with Gasteiger partial charge in [0.05, 0.1) is 11.2 Å². The highest BCUT2D eigenvalue weighted by molar-refractivity contribution is 6.00. The molecule has 2 saturated heterocycles. The van der Waals surface area contributed by atoms with E-state index in [0.29, 0.717) is 18.8 Å². The maximum absolute atomic E-state index is 12.2. The zero-order valence-corrected chi connectivity index (χ0v) is 15.1. The number of benzene rings is 1. The van der Waals surface area contributed by atoms with E-state index in [1.54, 1.807) is 4.68 Å². The summed E-state index contributed by atoms with van der Waals surface area (Å²) in [5, 5.41) is 11.5. The van der Waals surface area contributed by atoms with E-state index in [9.17, 15) is 9.59 Å². The summed E-state index contributed by atoms with van der Waals surface area (Å²) in [6, 6.07) is 6.08.